The van der Waals surface area contributed by atoms with Crippen molar-refractivity contribution in [3.8, 4) is 11.3 Å². The number of carbonyl (C=O) groups is 2. The third-order valence-corrected chi connectivity index (χ3v) is 6.72. The van der Waals surface area contributed by atoms with Crippen LogP contribution in [-0.2, 0) is 20.6 Å². The molecule has 9 heteroatoms. The number of nitrogens with one attached hydrogen (secondary N) is 1. The lowest BCUT2D eigenvalue weighted by atomic mass is 9.87. The van der Waals surface area contributed by atoms with Gasteiger partial charge in [-0.1, -0.05) is 63.2 Å². The number of nitrogens with zero attached hydrogens (tertiary/aromatic N) is 3. The van der Waals surface area contributed by atoms with Gasteiger partial charge < -0.3 is 0 Å². The first-order valence-electron chi connectivity index (χ1n) is 11.0. The fourth-order valence-electron chi connectivity index (χ4n) is 3.76. The summed E-state index contributed by atoms with van der Waals surface area (Å²) in [5.74, 6) is -0.361. The molecule has 2 aromatic carbocycles. The van der Waals surface area contributed by atoms with Crippen molar-refractivity contribution in [2.75, 3.05) is 4.72 Å². The summed E-state index contributed by atoms with van der Waals surface area (Å²) in [6.07, 6.45) is 3.48. The molecule has 0 bridgehead atoms. The molecule has 0 spiro atoms. The van der Waals surface area contributed by atoms with Gasteiger partial charge >= 0.3 is 0 Å². The Balaban J connectivity index is 1.80. The highest BCUT2D eigenvalue weighted by Crippen LogP contribution is 2.32. The van der Waals surface area contributed by atoms with Crippen LogP contribution >= 0.6 is 0 Å². The quantitative estimate of drug-likeness (QED) is 0.299. The Morgan fingerprint density at radius 1 is 1.11 bits per heavy atom. The largest absolute Gasteiger partial charge is 0.293 e. The van der Waals surface area contributed by atoms with E-state index in [2.05, 4.69) is 14.7 Å². The maximum atomic E-state index is 13.0. The maximum absolute atomic E-state index is 13.0. The van der Waals surface area contributed by atoms with Crippen molar-refractivity contribution in [2.24, 2.45) is 5.41 Å². The number of Topliss-reactive ketones (excluding diaryl/α,β-unsaturated/α-hetero) is 1. The Morgan fingerprint density at radius 2 is 1.83 bits per heavy atom. The van der Waals surface area contributed by atoms with Crippen LogP contribution in [0.15, 0.2) is 60.9 Å². The van der Waals surface area contributed by atoms with Gasteiger partial charge in [0.1, 0.15) is 5.52 Å². The van der Waals surface area contributed by atoms with Gasteiger partial charge in [0.2, 0.25) is 16.4 Å². The second kappa shape index (κ2) is 9.07. The highest BCUT2D eigenvalue weighted by molar-refractivity contribution is 7.91. The van der Waals surface area contributed by atoms with Crippen molar-refractivity contribution in [3.63, 3.8) is 0 Å². The summed E-state index contributed by atoms with van der Waals surface area (Å²) >= 11 is 0. The molecule has 0 atom stereocenters. The van der Waals surface area contributed by atoms with E-state index in [1.54, 1.807) is 57.2 Å². The zero-order valence-electron chi connectivity index (χ0n) is 19.9. The van der Waals surface area contributed by atoms with Gasteiger partial charge in [0.25, 0.3) is 0 Å². The van der Waals surface area contributed by atoms with Crippen LogP contribution in [0.1, 0.15) is 42.3 Å². The lowest BCUT2D eigenvalue weighted by Gasteiger charge is -2.16. The predicted octanol–water partition coefficient (Wildman–Crippen LogP) is 4.62. The summed E-state index contributed by atoms with van der Waals surface area (Å²) in [5.41, 5.74) is 2.90. The topological polar surface area (TPSA) is 111 Å². The average molecular weight is 491 g/mol. The van der Waals surface area contributed by atoms with E-state index in [4.69, 9.17) is 0 Å². The number of benzene rings is 2. The Kier molecular flexibility index (Phi) is 6.29. The van der Waals surface area contributed by atoms with Crippen molar-refractivity contribution >= 4 is 39.1 Å². The normalized spacial score (nSPS) is 12.0. The first-order chi connectivity index (χ1) is 16.5. The van der Waals surface area contributed by atoms with E-state index in [1.807, 2.05) is 19.1 Å². The highest BCUT2D eigenvalue weighted by Gasteiger charge is 2.28. The monoisotopic (exact) mass is 490 g/mol. The zero-order chi connectivity index (χ0) is 25.4. The van der Waals surface area contributed by atoms with Crippen LogP contribution in [0.3, 0.4) is 0 Å². The van der Waals surface area contributed by atoms with E-state index < -0.39 is 15.4 Å². The Bertz CT molecular complexity index is 1540. The number of hydrogen-bond donors (Lipinski definition) is 1. The fourth-order valence-corrected chi connectivity index (χ4v) is 4.96. The summed E-state index contributed by atoms with van der Waals surface area (Å²) in [6, 6.07) is 14.2. The van der Waals surface area contributed by atoms with Crippen LogP contribution in [-0.4, -0.2) is 35.1 Å². The molecule has 8 nitrogen and oxygen atoms in total. The first-order valence-corrected chi connectivity index (χ1v) is 12.7. The maximum Gasteiger partial charge on any atom is 0.236 e. The SMILES string of the molecule is Cc1ccc(-c2cnc3c(n2)c(C(=O)C(C)(C)C)cn3C=O)c(NS(=O)(=O)Cc2ccccc2)c1. The van der Waals surface area contributed by atoms with E-state index in [1.165, 1.54) is 17.0 Å². The van der Waals surface area contributed by atoms with Crippen LogP contribution in [0.2, 0.25) is 0 Å². The molecule has 0 saturated carbocycles. The van der Waals surface area contributed by atoms with Crippen molar-refractivity contribution in [2.45, 2.75) is 33.4 Å². The zero-order valence-corrected chi connectivity index (χ0v) is 20.8. The fraction of sp³-hybridized carbons (Fsp3) is 0.231. The van der Waals surface area contributed by atoms with Crippen LogP contribution in [0, 0.1) is 12.3 Å². The van der Waals surface area contributed by atoms with Crippen LogP contribution in [0.25, 0.3) is 22.4 Å². The number of fused-ring (bicyclic) bond motifs is 1. The van der Waals surface area contributed by atoms with Crippen LogP contribution < -0.4 is 4.72 Å². The molecule has 0 fully saturated rings. The summed E-state index contributed by atoms with van der Waals surface area (Å²) in [4.78, 5) is 33.6. The van der Waals surface area contributed by atoms with Gasteiger partial charge in [-0.15, -0.1) is 0 Å². The highest BCUT2D eigenvalue weighted by atomic mass is 32.2. The number of carbonyl (C=O) groups excluding carboxylic acids is 2. The lowest BCUT2D eigenvalue weighted by Crippen LogP contribution is -2.20. The van der Waals surface area contributed by atoms with Gasteiger partial charge in [-0.3, -0.25) is 18.9 Å². The number of sulfonamides is 1. The van der Waals surface area contributed by atoms with Crippen molar-refractivity contribution in [3.05, 3.63) is 77.6 Å². The van der Waals surface area contributed by atoms with Crippen molar-refractivity contribution in [1.82, 2.24) is 14.5 Å². The van der Waals surface area contributed by atoms with Crippen molar-refractivity contribution in [1.29, 1.82) is 0 Å². The van der Waals surface area contributed by atoms with E-state index >= 15 is 0 Å². The number of hydrogen-bond acceptors (Lipinski definition) is 6. The molecule has 0 saturated heterocycles. The number of aromatic nitrogens is 3. The standard InChI is InChI=1S/C26H26N4O4S/c1-17-10-11-19(21(12-17)29-35(33,34)15-18-8-6-5-7-9-18)22-13-27-25-23(28-22)20(14-30(25)16-31)24(32)26(2,3)4/h5-14,16,29H,15H2,1-4H3. The molecule has 0 aliphatic carbocycles. The van der Waals surface area contributed by atoms with Gasteiger partial charge in [0.05, 0.1) is 28.9 Å². The first kappa shape index (κ1) is 24.3. The average Bonchev–Trinajstić information content (AvgIpc) is 3.16. The molecule has 0 radical (unpaired) electrons. The summed E-state index contributed by atoms with van der Waals surface area (Å²) in [7, 11) is -3.72. The van der Waals surface area contributed by atoms with Gasteiger partial charge in [-0.25, -0.2) is 18.4 Å². The van der Waals surface area contributed by atoms with Gasteiger partial charge in [-0.05, 0) is 24.1 Å². The van der Waals surface area contributed by atoms with Gasteiger partial charge in [-0.2, -0.15) is 0 Å². The minimum Gasteiger partial charge on any atom is -0.293 e. The van der Waals surface area contributed by atoms with E-state index in [0.717, 1.165) is 5.56 Å². The molecular formula is C26H26N4O4S. The molecule has 0 unspecified atom stereocenters. The Morgan fingerprint density at radius 3 is 2.49 bits per heavy atom. The van der Waals surface area contributed by atoms with Crippen LogP contribution in [0.4, 0.5) is 5.69 Å². The summed E-state index contributed by atoms with van der Waals surface area (Å²) in [5, 5.41) is 0. The number of ketones is 1. The van der Waals surface area contributed by atoms with E-state index in [9.17, 15) is 18.0 Å². The smallest absolute Gasteiger partial charge is 0.236 e. The minimum atomic E-state index is -3.72. The van der Waals surface area contributed by atoms with Crippen LogP contribution in [0.5, 0.6) is 0 Å². The number of aryl methyl sites for hydroxylation is 1. The molecule has 0 aliphatic heterocycles. The van der Waals surface area contributed by atoms with E-state index in [0.29, 0.717) is 28.9 Å². The van der Waals surface area contributed by atoms with E-state index in [-0.39, 0.29) is 28.3 Å². The minimum absolute atomic E-state index is 0.178. The molecule has 2 aromatic heterocycles. The molecule has 4 rings (SSSR count). The molecular weight excluding hydrogens is 464 g/mol. The third-order valence-electron chi connectivity index (χ3n) is 5.48. The lowest BCUT2D eigenvalue weighted by molar-refractivity contribution is 0.0860. The third kappa shape index (κ3) is 5.14. The molecule has 2 heterocycles. The molecule has 35 heavy (non-hydrogen) atoms. The molecule has 180 valence electrons. The number of rotatable bonds is 7. The molecule has 1 N–H and O–H groups in total. The summed E-state index contributed by atoms with van der Waals surface area (Å²) < 4.78 is 29.8. The van der Waals surface area contributed by atoms with Gasteiger partial charge in [0, 0.05) is 17.2 Å². The van der Waals surface area contributed by atoms with Gasteiger partial charge in [0.15, 0.2) is 11.4 Å². The molecule has 0 aliphatic rings. The van der Waals surface area contributed by atoms with Crippen molar-refractivity contribution < 1.29 is 18.0 Å². The summed E-state index contributed by atoms with van der Waals surface area (Å²) in [6.45, 7) is 7.22. The molecule has 0 amide bonds. The second-order valence-electron chi connectivity index (χ2n) is 9.46. The number of anilines is 1. The Labute approximate surface area is 204 Å². The predicted molar refractivity (Wildman–Crippen MR) is 136 cm³/mol. The molecule has 4 aromatic rings. The second-order valence-corrected chi connectivity index (χ2v) is 11.2. The Hall–Kier alpha value is -3.85.